The van der Waals surface area contributed by atoms with Crippen LogP contribution in [-0.4, -0.2) is 38.6 Å². The van der Waals surface area contributed by atoms with Crippen LogP contribution in [0.3, 0.4) is 0 Å². The Morgan fingerprint density at radius 2 is 1.65 bits per heavy atom. The fourth-order valence-electron chi connectivity index (χ4n) is 2.31. The Morgan fingerprint density at radius 3 is 2.15 bits per heavy atom. The summed E-state index contributed by atoms with van der Waals surface area (Å²) in [4.78, 5) is 13.4. The van der Waals surface area contributed by atoms with Gasteiger partial charge in [-0.1, -0.05) is 12.1 Å². The predicted molar refractivity (Wildman–Crippen MR) is 93.0 cm³/mol. The van der Waals surface area contributed by atoms with Crippen molar-refractivity contribution in [1.29, 1.82) is 0 Å². The average Bonchev–Trinajstić information content (AvgIpc) is 2.63. The molecule has 2 aromatic rings. The number of carbonyl (C=O) groups excluding carboxylic acids is 1. The Hall–Kier alpha value is -2.48. The second-order valence-electron chi connectivity index (χ2n) is 5.57. The minimum atomic E-state index is -4.67. The van der Waals surface area contributed by atoms with E-state index in [4.69, 9.17) is 4.74 Å². The van der Waals surface area contributed by atoms with Gasteiger partial charge in [0.1, 0.15) is 5.75 Å². The summed E-state index contributed by atoms with van der Waals surface area (Å²) >= 11 is 0. The van der Waals surface area contributed by atoms with E-state index in [1.54, 1.807) is 19.2 Å². The Labute approximate surface area is 151 Å². The molecular formula is C18H19F2NO4S. The third kappa shape index (κ3) is 4.57. The molecule has 0 saturated heterocycles. The number of nitrogens with zero attached hydrogens (tertiary/aromatic N) is 1. The zero-order chi connectivity index (χ0) is 19.3. The fourth-order valence-corrected chi connectivity index (χ4v) is 3.04. The van der Waals surface area contributed by atoms with Gasteiger partial charge in [0, 0.05) is 19.2 Å². The summed E-state index contributed by atoms with van der Waals surface area (Å²) in [5, 5.41) is 0. The lowest BCUT2D eigenvalue weighted by molar-refractivity contribution is 0.0785. The highest BCUT2D eigenvalue weighted by atomic mass is 32.2. The van der Waals surface area contributed by atoms with Gasteiger partial charge in [0.2, 0.25) is 9.84 Å². The van der Waals surface area contributed by atoms with Gasteiger partial charge in [-0.3, -0.25) is 4.79 Å². The van der Waals surface area contributed by atoms with E-state index in [0.29, 0.717) is 13.2 Å². The molecule has 0 aromatic heterocycles. The lowest BCUT2D eigenvalue weighted by atomic mass is 10.1. The van der Waals surface area contributed by atoms with E-state index in [0.717, 1.165) is 23.4 Å². The molecule has 0 saturated carbocycles. The summed E-state index contributed by atoms with van der Waals surface area (Å²) in [6.07, 6.45) is 0. The molecular weight excluding hydrogens is 364 g/mol. The number of benzene rings is 2. The van der Waals surface area contributed by atoms with Gasteiger partial charge in [0.05, 0.1) is 11.5 Å². The maximum Gasteiger partial charge on any atom is 0.341 e. The van der Waals surface area contributed by atoms with Gasteiger partial charge >= 0.3 is 5.76 Å². The first-order valence-electron chi connectivity index (χ1n) is 7.85. The van der Waals surface area contributed by atoms with Crippen LogP contribution < -0.4 is 4.74 Å². The molecule has 0 N–H and O–H groups in total. The number of hydrogen-bond acceptors (Lipinski definition) is 4. The van der Waals surface area contributed by atoms with Crippen LogP contribution in [0.25, 0.3) is 0 Å². The van der Waals surface area contributed by atoms with Crippen molar-refractivity contribution >= 4 is 15.7 Å². The summed E-state index contributed by atoms with van der Waals surface area (Å²) in [5.74, 6) is -3.10. The number of carbonyl (C=O) groups is 1. The molecule has 0 aliphatic rings. The van der Waals surface area contributed by atoms with Crippen molar-refractivity contribution in [2.75, 3.05) is 13.7 Å². The molecule has 2 rings (SSSR count). The van der Waals surface area contributed by atoms with Crippen molar-refractivity contribution < 1.29 is 26.7 Å². The molecule has 0 unspecified atom stereocenters. The highest BCUT2D eigenvalue weighted by Crippen LogP contribution is 2.19. The highest BCUT2D eigenvalue weighted by Gasteiger charge is 2.26. The SMILES string of the molecule is CCOc1ccc(CN(C)C(=O)c2ccc(S(=O)(=O)C(F)F)cc2)cc1. The van der Waals surface area contributed by atoms with Gasteiger partial charge in [-0.25, -0.2) is 8.42 Å². The molecule has 5 nitrogen and oxygen atoms in total. The number of alkyl halides is 2. The van der Waals surface area contributed by atoms with Gasteiger partial charge in [-0.05, 0) is 48.9 Å². The Kier molecular flexibility index (Phi) is 6.31. The second kappa shape index (κ2) is 8.27. The van der Waals surface area contributed by atoms with Crippen LogP contribution >= 0.6 is 0 Å². The Bertz CT molecular complexity index is 850. The topological polar surface area (TPSA) is 63.7 Å². The smallest absolute Gasteiger partial charge is 0.341 e. The average molecular weight is 383 g/mol. The summed E-state index contributed by atoms with van der Waals surface area (Å²) < 4.78 is 53.2. The van der Waals surface area contributed by atoms with Crippen LogP contribution in [0, 0.1) is 0 Å². The van der Waals surface area contributed by atoms with E-state index in [-0.39, 0.29) is 11.5 Å². The molecule has 0 aliphatic carbocycles. The summed E-state index contributed by atoms with van der Waals surface area (Å²) in [6.45, 7) is 2.79. The third-order valence-electron chi connectivity index (χ3n) is 3.67. The number of amides is 1. The van der Waals surface area contributed by atoms with E-state index in [2.05, 4.69) is 0 Å². The van der Waals surface area contributed by atoms with Crippen molar-refractivity contribution in [2.45, 2.75) is 24.1 Å². The lowest BCUT2D eigenvalue weighted by Crippen LogP contribution is -2.26. The molecule has 8 heteroatoms. The van der Waals surface area contributed by atoms with Crippen molar-refractivity contribution in [3.63, 3.8) is 0 Å². The first-order valence-corrected chi connectivity index (χ1v) is 9.39. The highest BCUT2D eigenvalue weighted by molar-refractivity contribution is 7.91. The van der Waals surface area contributed by atoms with E-state index in [1.807, 2.05) is 19.1 Å². The van der Waals surface area contributed by atoms with Crippen molar-refractivity contribution in [3.05, 3.63) is 59.7 Å². The zero-order valence-corrected chi connectivity index (χ0v) is 15.2. The minimum Gasteiger partial charge on any atom is -0.494 e. The van der Waals surface area contributed by atoms with Crippen LogP contribution in [0.2, 0.25) is 0 Å². The molecule has 0 heterocycles. The van der Waals surface area contributed by atoms with Crippen LogP contribution in [-0.2, 0) is 16.4 Å². The van der Waals surface area contributed by atoms with Gasteiger partial charge in [-0.15, -0.1) is 0 Å². The first kappa shape index (κ1) is 19.8. The molecule has 0 spiro atoms. The second-order valence-corrected chi connectivity index (χ2v) is 7.49. The number of ether oxygens (including phenoxy) is 1. The maximum atomic E-state index is 12.5. The molecule has 0 bridgehead atoms. The first-order chi connectivity index (χ1) is 12.3. The molecule has 1 amide bonds. The summed E-state index contributed by atoms with van der Waals surface area (Å²) in [7, 11) is -3.07. The van der Waals surface area contributed by atoms with E-state index in [9.17, 15) is 22.0 Å². The van der Waals surface area contributed by atoms with Gasteiger partial charge in [-0.2, -0.15) is 8.78 Å². The van der Waals surface area contributed by atoms with Gasteiger partial charge in [0.15, 0.2) is 0 Å². The molecule has 140 valence electrons. The Balaban J connectivity index is 2.08. The number of halogens is 2. The van der Waals surface area contributed by atoms with Crippen molar-refractivity contribution in [3.8, 4) is 5.75 Å². The maximum absolute atomic E-state index is 12.5. The van der Waals surface area contributed by atoms with Crippen molar-refractivity contribution in [2.24, 2.45) is 0 Å². The fraction of sp³-hybridized carbons (Fsp3) is 0.278. The van der Waals surface area contributed by atoms with Gasteiger partial charge < -0.3 is 9.64 Å². The van der Waals surface area contributed by atoms with E-state index < -0.39 is 20.5 Å². The Morgan fingerprint density at radius 1 is 1.08 bits per heavy atom. The number of rotatable bonds is 7. The lowest BCUT2D eigenvalue weighted by Gasteiger charge is -2.18. The van der Waals surface area contributed by atoms with Crippen molar-refractivity contribution in [1.82, 2.24) is 4.90 Å². The monoisotopic (exact) mass is 383 g/mol. The molecule has 2 aromatic carbocycles. The van der Waals surface area contributed by atoms with Crippen LogP contribution in [0.1, 0.15) is 22.8 Å². The zero-order valence-electron chi connectivity index (χ0n) is 14.4. The van der Waals surface area contributed by atoms with Crippen LogP contribution in [0.4, 0.5) is 8.78 Å². The minimum absolute atomic E-state index is 0.214. The summed E-state index contributed by atoms with van der Waals surface area (Å²) in [5.41, 5.74) is 1.10. The number of hydrogen-bond donors (Lipinski definition) is 0. The van der Waals surface area contributed by atoms with E-state index in [1.165, 1.54) is 17.0 Å². The molecule has 0 radical (unpaired) electrons. The summed E-state index contributed by atoms with van der Waals surface area (Å²) in [6, 6.07) is 11.8. The predicted octanol–water partition coefficient (Wildman–Crippen LogP) is 3.35. The largest absolute Gasteiger partial charge is 0.494 e. The molecule has 0 fully saturated rings. The van der Waals surface area contributed by atoms with Crippen LogP contribution in [0.15, 0.2) is 53.4 Å². The normalized spacial score (nSPS) is 11.4. The standard InChI is InChI=1S/C18H19F2NO4S/c1-3-25-15-8-4-13(5-9-15)12-21(2)17(22)14-6-10-16(11-7-14)26(23,24)18(19)20/h4-11,18H,3,12H2,1-2H3. The van der Waals surface area contributed by atoms with Crippen LogP contribution in [0.5, 0.6) is 5.75 Å². The third-order valence-corrected chi connectivity index (χ3v) is 5.06. The number of sulfone groups is 1. The quantitative estimate of drug-likeness (QED) is 0.736. The van der Waals surface area contributed by atoms with Gasteiger partial charge in [0.25, 0.3) is 5.91 Å². The van der Waals surface area contributed by atoms with E-state index >= 15 is 0 Å². The molecule has 0 aliphatic heterocycles. The molecule has 26 heavy (non-hydrogen) atoms. The molecule has 0 atom stereocenters.